The molecule has 2 heterocycles. The molecule has 0 bridgehead atoms. The highest BCUT2D eigenvalue weighted by atomic mass is 32.2. The Bertz CT molecular complexity index is 1690. The zero-order valence-electron chi connectivity index (χ0n) is 26.1. The second-order valence-corrected chi connectivity index (χ2v) is 14.7. The molecule has 11 heteroatoms. The number of rotatable bonds is 10. The quantitative estimate of drug-likeness (QED) is 0.181. The molecule has 2 aromatic carbocycles. The van der Waals surface area contributed by atoms with Crippen LogP contribution in [0.4, 0.5) is 23.1 Å². The van der Waals surface area contributed by atoms with Crippen molar-refractivity contribution in [3.63, 3.8) is 0 Å². The van der Waals surface area contributed by atoms with Crippen LogP contribution in [0.3, 0.4) is 0 Å². The van der Waals surface area contributed by atoms with Crippen LogP contribution in [0.25, 0.3) is 11.0 Å². The Morgan fingerprint density at radius 2 is 1.70 bits per heavy atom. The highest BCUT2D eigenvalue weighted by Crippen LogP contribution is 2.41. The van der Waals surface area contributed by atoms with Crippen LogP contribution in [0.15, 0.2) is 47.5 Å². The smallest absolute Gasteiger partial charge is 0.231 e. The lowest BCUT2D eigenvalue weighted by atomic mass is 9.80. The fraction of sp³-hybridized carbons (Fsp3) is 0.469. The van der Waals surface area contributed by atoms with Crippen molar-refractivity contribution < 1.29 is 13.2 Å². The molecule has 1 aliphatic rings. The van der Waals surface area contributed by atoms with Gasteiger partial charge in [-0.05, 0) is 116 Å². The monoisotopic (exact) mass is 605 g/mol. The van der Waals surface area contributed by atoms with Crippen molar-refractivity contribution in [2.24, 2.45) is 0 Å². The SMILES string of the molecule is Cc1cc(Nc2nc(Nc3ccccc3S(=O)(=O)C(C)C)c3cn[nH]c3n2)c(OC(C)C)cc1C1CCC(N(C)C)CC1. The molecule has 1 fully saturated rings. The van der Waals surface area contributed by atoms with E-state index in [0.717, 1.165) is 24.3 Å². The molecule has 0 saturated heterocycles. The van der Waals surface area contributed by atoms with Crippen molar-refractivity contribution >= 4 is 44.0 Å². The van der Waals surface area contributed by atoms with Gasteiger partial charge in [0.25, 0.3) is 0 Å². The molecule has 43 heavy (non-hydrogen) atoms. The molecule has 3 N–H and O–H groups in total. The summed E-state index contributed by atoms with van der Waals surface area (Å²) < 4.78 is 32.5. The normalized spacial score (nSPS) is 17.6. The van der Waals surface area contributed by atoms with Gasteiger partial charge >= 0.3 is 0 Å². The van der Waals surface area contributed by atoms with Gasteiger partial charge in [0.05, 0.1) is 39.2 Å². The Labute approximate surface area is 254 Å². The van der Waals surface area contributed by atoms with Gasteiger partial charge in [-0.1, -0.05) is 12.1 Å². The summed E-state index contributed by atoms with van der Waals surface area (Å²) in [5, 5.41) is 13.8. The van der Waals surface area contributed by atoms with Crippen LogP contribution in [0.1, 0.15) is 70.4 Å². The van der Waals surface area contributed by atoms with E-state index in [-0.39, 0.29) is 11.0 Å². The zero-order chi connectivity index (χ0) is 30.9. The molecule has 4 aromatic rings. The molecule has 0 aliphatic heterocycles. The number of hydrogen-bond acceptors (Lipinski definition) is 9. The third-order valence-electron chi connectivity index (χ3n) is 8.22. The van der Waals surface area contributed by atoms with Gasteiger partial charge in [-0.25, -0.2) is 8.42 Å². The van der Waals surface area contributed by atoms with Crippen LogP contribution in [-0.4, -0.2) is 65.0 Å². The number of benzene rings is 2. The number of H-pyrrole nitrogens is 1. The lowest BCUT2D eigenvalue weighted by Gasteiger charge is -2.33. The predicted octanol–water partition coefficient (Wildman–Crippen LogP) is 6.71. The number of para-hydroxylation sites is 1. The minimum Gasteiger partial charge on any atom is -0.489 e. The number of aryl methyl sites for hydroxylation is 1. The first kappa shape index (κ1) is 30.7. The number of sulfone groups is 1. The maximum atomic E-state index is 13.1. The number of hydrogen-bond donors (Lipinski definition) is 3. The van der Waals surface area contributed by atoms with Gasteiger partial charge < -0.3 is 20.3 Å². The number of nitrogens with one attached hydrogen (secondary N) is 3. The average molecular weight is 606 g/mol. The van der Waals surface area contributed by atoms with E-state index in [4.69, 9.17) is 9.72 Å². The van der Waals surface area contributed by atoms with Gasteiger partial charge in [0.15, 0.2) is 15.5 Å². The molecule has 10 nitrogen and oxygen atoms in total. The molecule has 1 aliphatic carbocycles. The first-order valence-corrected chi connectivity index (χ1v) is 16.5. The highest BCUT2D eigenvalue weighted by Gasteiger charge is 2.26. The topological polar surface area (TPSA) is 125 Å². The zero-order valence-corrected chi connectivity index (χ0v) is 26.9. The standard InChI is InChI=1S/C32H43N7O3S/c1-19(2)42-28-17-24(22-12-14-23(15-13-22)39(6)7)21(5)16-27(28)35-32-36-30(25-18-33-38-31(25)37-32)34-26-10-8-9-11-29(26)43(40,41)20(3)4/h8-11,16-20,22-23H,12-15H2,1-7H3,(H3,33,34,35,36,37,38). The predicted molar refractivity (Wildman–Crippen MR) is 173 cm³/mol. The highest BCUT2D eigenvalue weighted by molar-refractivity contribution is 7.92. The fourth-order valence-electron chi connectivity index (χ4n) is 5.80. The summed E-state index contributed by atoms with van der Waals surface area (Å²) in [6.45, 7) is 9.53. The van der Waals surface area contributed by atoms with Crippen molar-refractivity contribution in [2.45, 2.75) is 88.5 Å². The lowest BCUT2D eigenvalue weighted by molar-refractivity contribution is 0.215. The summed E-state index contributed by atoms with van der Waals surface area (Å²) in [5.74, 6) is 2.01. The van der Waals surface area contributed by atoms with E-state index in [0.29, 0.717) is 40.4 Å². The number of nitrogens with zero attached hydrogens (tertiary/aromatic N) is 4. The number of aromatic amines is 1. The molecule has 0 spiro atoms. The van der Waals surface area contributed by atoms with Crippen LogP contribution in [-0.2, 0) is 9.84 Å². The summed E-state index contributed by atoms with van der Waals surface area (Å²) in [7, 11) is 0.803. The first-order chi connectivity index (χ1) is 20.4. The molecular formula is C32H43N7O3S. The van der Waals surface area contributed by atoms with Crippen LogP contribution < -0.4 is 15.4 Å². The number of fused-ring (bicyclic) bond motifs is 1. The Kier molecular flexibility index (Phi) is 8.94. The summed E-state index contributed by atoms with van der Waals surface area (Å²) in [6.07, 6.45) is 6.28. The van der Waals surface area contributed by atoms with Gasteiger partial charge in [-0.15, -0.1) is 0 Å². The van der Waals surface area contributed by atoms with E-state index in [1.807, 2.05) is 13.8 Å². The largest absolute Gasteiger partial charge is 0.489 e. The number of aromatic nitrogens is 4. The van der Waals surface area contributed by atoms with Gasteiger partial charge in [-0.2, -0.15) is 15.1 Å². The molecule has 0 atom stereocenters. The van der Waals surface area contributed by atoms with Crippen molar-refractivity contribution in [3.05, 3.63) is 53.7 Å². The van der Waals surface area contributed by atoms with Crippen molar-refractivity contribution in [3.8, 4) is 5.75 Å². The van der Waals surface area contributed by atoms with E-state index in [9.17, 15) is 8.42 Å². The van der Waals surface area contributed by atoms with Crippen molar-refractivity contribution in [2.75, 3.05) is 24.7 Å². The molecule has 0 amide bonds. The Morgan fingerprint density at radius 1 is 0.977 bits per heavy atom. The maximum Gasteiger partial charge on any atom is 0.231 e. The van der Waals surface area contributed by atoms with Gasteiger partial charge in [0.2, 0.25) is 5.95 Å². The van der Waals surface area contributed by atoms with Crippen molar-refractivity contribution in [1.82, 2.24) is 25.1 Å². The van der Waals surface area contributed by atoms with E-state index in [2.05, 4.69) is 63.9 Å². The molecular weight excluding hydrogens is 562 g/mol. The van der Waals surface area contributed by atoms with E-state index in [1.54, 1.807) is 44.3 Å². The second-order valence-electron chi connectivity index (χ2n) is 12.2. The molecule has 2 aromatic heterocycles. The maximum absolute atomic E-state index is 13.1. The minimum atomic E-state index is -3.53. The van der Waals surface area contributed by atoms with Crippen LogP contribution in [0.2, 0.25) is 0 Å². The van der Waals surface area contributed by atoms with E-state index < -0.39 is 15.1 Å². The Balaban J connectivity index is 1.49. The van der Waals surface area contributed by atoms with Crippen molar-refractivity contribution in [1.29, 1.82) is 0 Å². The van der Waals surface area contributed by atoms with Gasteiger partial charge in [0.1, 0.15) is 11.6 Å². The summed E-state index contributed by atoms with van der Waals surface area (Å²) in [4.78, 5) is 12.0. The first-order valence-electron chi connectivity index (χ1n) is 15.0. The van der Waals surface area contributed by atoms with Crippen LogP contribution in [0, 0.1) is 6.92 Å². The lowest BCUT2D eigenvalue weighted by Crippen LogP contribution is -2.31. The van der Waals surface area contributed by atoms with Crippen LogP contribution in [0.5, 0.6) is 5.75 Å². The molecule has 0 radical (unpaired) electrons. The molecule has 1 saturated carbocycles. The second kappa shape index (κ2) is 12.5. The molecule has 0 unspecified atom stereocenters. The third-order valence-corrected chi connectivity index (χ3v) is 10.4. The summed E-state index contributed by atoms with van der Waals surface area (Å²) in [6, 6.07) is 11.8. The van der Waals surface area contributed by atoms with Gasteiger partial charge in [-0.3, -0.25) is 5.10 Å². The third kappa shape index (κ3) is 6.62. The number of anilines is 4. The van der Waals surface area contributed by atoms with Crippen LogP contribution >= 0.6 is 0 Å². The summed E-state index contributed by atoms with van der Waals surface area (Å²) in [5.41, 5.74) is 4.25. The average Bonchev–Trinajstić information content (AvgIpc) is 3.43. The molecule has 230 valence electrons. The Morgan fingerprint density at radius 3 is 2.37 bits per heavy atom. The Hall–Kier alpha value is -3.70. The van der Waals surface area contributed by atoms with Gasteiger partial charge in [0, 0.05) is 6.04 Å². The minimum absolute atomic E-state index is 0.0202. The number of ether oxygens (including phenoxy) is 1. The molecule has 5 rings (SSSR count). The van der Waals surface area contributed by atoms with E-state index in [1.165, 1.54) is 24.0 Å². The van der Waals surface area contributed by atoms with E-state index >= 15 is 0 Å². The summed E-state index contributed by atoms with van der Waals surface area (Å²) >= 11 is 0. The fourth-order valence-corrected chi connectivity index (χ4v) is 7.00.